The summed E-state index contributed by atoms with van der Waals surface area (Å²) in [7, 11) is -3.08. The van der Waals surface area contributed by atoms with Gasteiger partial charge in [0.1, 0.15) is 5.75 Å². The van der Waals surface area contributed by atoms with Gasteiger partial charge in [-0.25, -0.2) is 8.42 Å². The third-order valence-corrected chi connectivity index (χ3v) is 4.95. The van der Waals surface area contributed by atoms with Crippen molar-refractivity contribution in [3.05, 3.63) is 29.8 Å². The summed E-state index contributed by atoms with van der Waals surface area (Å²) in [6, 6.07) is 7.39. The lowest BCUT2D eigenvalue weighted by Crippen LogP contribution is -2.48. The predicted molar refractivity (Wildman–Crippen MR) is 74.5 cm³/mol. The number of piperazine rings is 1. The topological polar surface area (TPSA) is 60.9 Å². The summed E-state index contributed by atoms with van der Waals surface area (Å²) < 4.78 is 24.4. The van der Waals surface area contributed by atoms with Crippen molar-refractivity contribution in [3.8, 4) is 5.75 Å². The van der Waals surface area contributed by atoms with Crippen LogP contribution in [0.5, 0.6) is 5.75 Å². The Bertz CT molecular complexity index is 537. The Morgan fingerprint density at radius 1 is 1.21 bits per heavy atom. The first-order chi connectivity index (χ1) is 8.88. The average Bonchev–Trinajstić information content (AvgIpc) is 2.37. The van der Waals surface area contributed by atoms with Gasteiger partial charge in [-0.15, -0.1) is 0 Å². The van der Waals surface area contributed by atoms with E-state index < -0.39 is 10.0 Å². The Morgan fingerprint density at radius 3 is 2.37 bits per heavy atom. The molecule has 2 rings (SSSR count). The van der Waals surface area contributed by atoms with Crippen molar-refractivity contribution < 1.29 is 13.5 Å². The van der Waals surface area contributed by atoms with Gasteiger partial charge in [-0.05, 0) is 24.6 Å². The molecule has 0 spiro atoms. The zero-order chi connectivity index (χ0) is 14.0. The van der Waals surface area contributed by atoms with Gasteiger partial charge in [-0.2, -0.15) is 4.31 Å². The number of nitrogens with zero attached hydrogens (tertiary/aromatic N) is 2. The predicted octanol–water partition coefficient (Wildman–Crippen LogP) is 1.03. The van der Waals surface area contributed by atoms with Gasteiger partial charge in [-0.3, -0.25) is 4.90 Å². The van der Waals surface area contributed by atoms with Gasteiger partial charge in [0.15, 0.2) is 0 Å². The van der Waals surface area contributed by atoms with Gasteiger partial charge in [0, 0.05) is 32.2 Å². The number of benzene rings is 1. The van der Waals surface area contributed by atoms with Crippen LogP contribution < -0.4 is 0 Å². The maximum absolute atomic E-state index is 11.5. The summed E-state index contributed by atoms with van der Waals surface area (Å²) in [5.41, 5.74) is 1.05. The first kappa shape index (κ1) is 14.3. The monoisotopic (exact) mass is 284 g/mol. The first-order valence-corrected chi connectivity index (χ1v) is 8.21. The lowest BCUT2D eigenvalue weighted by atomic mass is 10.1. The minimum Gasteiger partial charge on any atom is -0.508 e. The molecule has 0 saturated carbocycles. The molecule has 0 amide bonds. The standard InChI is InChI=1S/C13H20N2O3S/c1-11(12-4-3-5-13(16)10-12)14-6-8-15(9-7-14)19(2,17)18/h3-5,10-11,16H,6-9H2,1-2H3. The van der Waals surface area contributed by atoms with Crippen LogP contribution in [0.3, 0.4) is 0 Å². The highest BCUT2D eigenvalue weighted by molar-refractivity contribution is 7.88. The molecule has 1 saturated heterocycles. The normalized spacial score (nSPS) is 20.3. The molecule has 1 unspecified atom stereocenters. The van der Waals surface area contributed by atoms with Crippen molar-refractivity contribution in [2.24, 2.45) is 0 Å². The van der Waals surface area contributed by atoms with Crippen molar-refractivity contribution in [3.63, 3.8) is 0 Å². The van der Waals surface area contributed by atoms with Crippen molar-refractivity contribution in [1.29, 1.82) is 0 Å². The van der Waals surface area contributed by atoms with Crippen LogP contribution >= 0.6 is 0 Å². The highest BCUT2D eigenvalue weighted by atomic mass is 32.2. The third-order valence-electron chi connectivity index (χ3n) is 3.64. The number of aromatic hydroxyl groups is 1. The molecule has 0 aromatic heterocycles. The molecule has 19 heavy (non-hydrogen) atoms. The number of rotatable bonds is 3. The molecule has 1 fully saturated rings. The molecule has 1 aromatic rings. The fourth-order valence-corrected chi connectivity index (χ4v) is 3.24. The Kier molecular flexibility index (Phi) is 4.13. The van der Waals surface area contributed by atoms with Crippen LogP contribution in [0.2, 0.25) is 0 Å². The fraction of sp³-hybridized carbons (Fsp3) is 0.538. The van der Waals surface area contributed by atoms with E-state index in [1.54, 1.807) is 12.1 Å². The van der Waals surface area contributed by atoms with Crippen LogP contribution in [-0.4, -0.2) is 55.2 Å². The Labute approximate surface area is 114 Å². The molecule has 0 aliphatic carbocycles. The maximum Gasteiger partial charge on any atom is 0.211 e. The van der Waals surface area contributed by atoms with Crippen molar-refractivity contribution in [2.75, 3.05) is 32.4 Å². The van der Waals surface area contributed by atoms with Crippen molar-refractivity contribution in [1.82, 2.24) is 9.21 Å². The van der Waals surface area contributed by atoms with Crippen LogP contribution in [0, 0.1) is 0 Å². The molecule has 1 N–H and O–H groups in total. The molecule has 1 aliphatic heterocycles. The summed E-state index contributed by atoms with van der Waals surface area (Å²) in [5, 5.41) is 9.50. The quantitative estimate of drug-likeness (QED) is 0.900. The smallest absolute Gasteiger partial charge is 0.211 e. The second kappa shape index (κ2) is 5.48. The minimum absolute atomic E-state index is 0.175. The molecule has 5 nitrogen and oxygen atoms in total. The molecule has 0 radical (unpaired) electrons. The van der Waals surface area contributed by atoms with E-state index in [2.05, 4.69) is 11.8 Å². The number of sulfonamides is 1. The SMILES string of the molecule is CC(c1cccc(O)c1)N1CCN(S(C)(=O)=O)CC1. The summed E-state index contributed by atoms with van der Waals surface area (Å²) >= 11 is 0. The molecular formula is C13H20N2O3S. The van der Waals surface area contributed by atoms with Crippen LogP contribution in [0.25, 0.3) is 0 Å². The minimum atomic E-state index is -3.08. The maximum atomic E-state index is 11.5. The summed E-state index contributed by atoms with van der Waals surface area (Å²) in [4.78, 5) is 2.23. The largest absolute Gasteiger partial charge is 0.508 e. The van der Waals surface area contributed by atoms with E-state index in [0.29, 0.717) is 26.2 Å². The number of phenols is 1. The van der Waals surface area contributed by atoms with Gasteiger partial charge in [0.05, 0.1) is 6.26 Å². The van der Waals surface area contributed by atoms with Crippen molar-refractivity contribution in [2.45, 2.75) is 13.0 Å². The van der Waals surface area contributed by atoms with Crippen LogP contribution in [0.1, 0.15) is 18.5 Å². The van der Waals surface area contributed by atoms with E-state index in [9.17, 15) is 13.5 Å². The Hall–Kier alpha value is -1.11. The van der Waals surface area contributed by atoms with Gasteiger partial charge >= 0.3 is 0 Å². The van der Waals surface area contributed by atoms with E-state index in [-0.39, 0.29) is 11.8 Å². The zero-order valence-electron chi connectivity index (χ0n) is 11.3. The number of hydrogen-bond donors (Lipinski definition) is 1. The average molecular weight is 284 g/mol. The van der Waals surface area contributed by atoms with Gasteiger partial charge in [0.25, 0.3) is 0 Å². The molecule has 1 atom stereocenters. The van der Waals surface area contributed by atoms with E-state index in [1.807, 2.05) is 12.1 Å². The van der Waals surface area contributed by atoms with Crippen LogP contribution in [0.15, 0.2) is 24.3 Å². The van der Waals surface area contributed by atoms with E-state index in [1.165, 1.54) is 10.6 Å². The zero-order valence-corrected chi connectivity index (χ0v) is 12.1. The van der Waals surface area contributed by atoms with Crippen molar-refractivity contribution >= 4 is 10.0 Å². The van der Waals surface area contributed by atoms with E-state index >= 15 is 0 Å². The van der Waals surface area contributed by atoms with E-state index in [4.69, 9.17) is 0 Å². The molecule has 1 aliphatic rings. The molecule has 0 bridgehead atoms. The van der Waals surface area contributed by atoms with Crippen LogP contribution in [0.4, 0.5) is 0 Å². The molecule has 1 aromatic carbocycles. The number of phenolic OH excluding ortho intramolecular Hbond substituents is 1. The van der Waals surface area contributed by atoms with E-state index in [0.717, 1.165) is 5.56 Å². The van der Waals surface area contributed by atoms with Crippen LogP contribution in [-0.2, 0) is 10.0 Å². The first-order valence-electron chi connectivity index (χ1n) is 6.36. The lowest BCUT2D eigenvalue weighted by Gasteiger charge is -2.37. The Morgan fingerprint density at radius 2 is 1.84 bits per heavy atom. The highest BCUT2D eigenvalue weighted by Crippen LogP contribution is 2.24. The summed E-state index contributed by atoms with van der Waals surface area (Å²) in [6.07, 6.45) is 1.25. The molecule has 106 valence electrons. The second-order valence-electron chi connectivity index (χ2n) is 4.97. The Balaban J connectivity index is 2.02. The number of hydrogen-bond acceptors (Lipinski definition) is 4. The van der Waals surface area contributed by atoms with Gasteiger partial charge in [-0.1, -0.05) is 12.1 Å². The van der Waals surface area contributed by atoms with Gasteiger partial charge in [0.2, 0.25) is 10.0 Å². The second-order valence-corrected chi connectivity index (χ2v) is 6.95. The molecular weight excluding hydrogens is 264 g/mol. The third kappa shape index (κ3) is 3.46. The van der Waals surface area contributed by atoms with Gasteiger partial charge < -0.3 is 5.11 Å². The fourth-order valence-electron chi connectivity index (χ4n) is 2.42. The molecule has 1 heterocycles. The molecule has 6 heteroatoms. The highest BCUT2D eigenvalue weighted by Gasteiger charge is 2.26. The summed E-state index contributed by atoms with van der Waals surface area (Å²) in [5.74, 6) is 0.263. The lowest BCUT2D eigenvalue weighted by molar-refractivity contribution is 0.146. The summed E-state index contributed by atoms with van der Waals surface area (Å²) in [6.45, 7) is 4.56.